The minimum atomic E-state index is -0.0467. The summed E-state index contributed by atoms with van der Waals surface area (Å²) in [6, 6.07) is 13.2. The lowest BCUT2D eigenvalue weighted by Crippen LogP contribution is -2.24. The molecule has 1 amide bonds. The number of nitrogens with one attached hydrogen (secondary N) is 1. The van der Waals surface area contributed by atoms with Gasteiger partial charge in [-0.1, -0.05) is 18.2 Å². The van der Waals surface area contributed by atoms with Crippen LogP contribution in [0.5, 0.6) is 0 Å². The van der Waals surface area contributed by atoms with Crippen LogP contribution in [-0.4, -0.2) is 17.4 Å². The number of aromatic nitrogens is 1. The van der Waals surface area contributed by atoms with Crippen molar-refractivity contribution in [2.24, 2.45) is 5.73 Å². The average Bonchev–Trinajstić information content (AvgIpc) is 2.52. The molecule has 1 aromatic heterocycles. The highest BCUT2D eigenvalue weighted by atomic mass is 16.1. The van der Waals surface area contributed by atoms with Gasteiger partial charge in [0.15, 0.2) is 0 Å². The molecule has 4 nitrogen and oxygen atoms in total. The second-order valence-corrected chi connectivity index (χ2v) is 4.58. The second kappa shape index (κ2) is 7.40. The summed E-state index contributed by atoms with van der Waals surface area (Å²) in [5.41, 5.74) is 8.26. The monoisotopic (exact) mass is 269 g/mol. The summed E-state index contributed by atoms with van der Waals surface area (Å²) < 4.78 is 0. The molecule has 104 valence electrons. The van der Waals surface area contributed by atoms with E-state index in [4.69, 9.17) is 5.73 Å². The van der Waals surface area contributed by atoms with Crippen molar-refractivity contribution in [2.45, 2.75) is 19.4 Å². The molecule has 2 aromatic rings. The summed E-state index contributed by atoms with van der Waals surface area (Å²) in [6.07, 6.45) is 3.53. The summed E-state index contributed by atoms with van der Waals surface area (Å²) in [5.74, 6) is -0.0467. The summed E-state index contributed by atoms with van der Waals surface area (Å²) in [4.78, 5) is 16.1. The number of hydrogen-bond donors (Lipinski definition) is 2. The molecule has 0 atom stereocenters. The van der Waals surface area contributed by atoms with Crippen LogP contribution in [-0.2, 0) is 13.0 Å². The van der Waals surface area contributed by atoms with Crippen LogP contribution >= 0.6 is 0 Å². The first kappa shape index (κ1) is 14.2. The standard InChI is InChI=1S/C16H19N3O/c17-12-13-6-8-14(9-7-13)16(20)19-11-3-5-15-4-1-2-10-18-15/h1-2,4,6-10H,3,5,11-12,17H2,(H,19,20). The number of rotatable bonds is 6. The zero-order valence-corrected chi connectivity index (χ0v) is 11.4. The first-order valence-corrected chi connectivity index (χ1v) is 6.76. The Morgan fingerprint density at radius 1 is 1.15 bits per heavy atom. The number of amides is 1. The van der Waals surface area contributed by atoms with E-state index in [-0.39, 0.29) is 5.91 Å². The van der Waals surface area contributed by atoms with Crippen LogP contribution < -0.4 is 11.1 Å². The van der Waals surface area contributed by atoms with Crippen molar-refractivity contribution in [1.82, 2.24) is 10.3 Å². The predicted molar refractivity (Wildman–Crippen MR) is 79.2 cm³/mol. The zero-order valence-electron chi connectivity index (χ0n) is 11.4. The minimum Gasteiger partial charge on any atom is -0.352 e. The number of aryl methyl sites for hydroxylation is 1. The Morgan fingerprint density at radius 2 is 1.95 bits per heavy atom. The first-order chi connectivity index (χ1) is 9.79. The lowest BCUT2D eigenvalue weighted by molar-refractivity contribution is 0.0953. The molecule has 20 heavy (non-hydrogen) atoms. The topological polar surface area (TPSA) is 68.0 Å². The quantitative estimate of drug-likeness (QED) is 0.787. The molecule has 0 saturated carbocycles. The van der Waals surface area contributed by atoms with E-state index in [2.05, 4.69) is 10.3 Å². The van der Waals surface area contributed by atoms with E-state index in [0.717, 1.165) is 24.1 Å². The third-order valence-electron chi connectivity index (χ3n) is 3.07. The molecule has 4 heteroatoms. The average molecular weight is 269 g/mol. The number of carbonyl (C=O) groups excluding carboxylic acids is 1. The molecule has 0 bridgehead atoms. The van der Waals surface area contributed by atoms with Crippen molar-refractivity contribution >= 4 is 5.91 Å². The van der Waals surface area contributed by atoms with Gasteiger partial charge in [0, 0.05) is 30.5 Å². The number of nitrogens with zero attached hydrogens (tertiary/aromatic N) is 1. The highest BCUT2D eigenvalue weighted by Gasteiger charge is 2.04. The van der Waals surface area contributed by atoms with E-state index >= 15 is 0 Å². The highest BCUT2D eigenvalue weighted by molar-refractivity contribution is 5.94. The van der Waals surface area contributed by atoms with Gasteiger partial charge in [-0.25, -0.2) is 0 Å². The molecular weight excluding hydrogens is 250 g/mol. The molecular formula is C16H19N3O. The van der Waals surface area contributed by atoms with E-state index in [9.17, 15) is 4.79 Å². The van der Waals surface area contributed by atoms with Crippen molar-refractivity contribution in [1.29, 1.82) is 0 Å². The lowest BCUT2D eigenvalue weighted by Gasteiger charge is -2.06. The fourth-order valence-corrected chi connectivity index (χ4v) is 1.91. The van der Waals surface area contributed by atoms with Crippen LogP contribution in [0.2, 0.25) is 0 Å². The smallest absolute Gasteiger partial charge is 0.251 e. The predicted octanol–water partition coefficient (Wildman–Crippen LogP) is 1.90. The Bertz CT molecular complexity index is 537. The molecule has 0 spiro atoms. The lowest BCUT2D eigenvalue weighted by atomic mass is 10.1. The van der Waals surface area contributed by atoms with E-state index in [1.54, 1.807) is 18.3 Å². The van der Waals surface area contributed by atoms with Crippen LogP contribution in [0.4, 0.5) is 0 Å². The molecule has 0 aliphatic carbocycles. The second-order valence-electron chi connectivity index (χ2n) is 4.58. The number of benzene rings is 1. The molecule has 2 rings (SSSR count). The maximum atomic E-state index is 11.9. The molecule has 1 aromatic carbocycles. The molecule has 3 N–H and O–H groups in total. The van der Waals surface area contributed by atoms with Gasteiger partial charge in [-0.2, -0.15) is 0 Å². The van der Waals surface area contributed by atoms with Gasteiger partial charge < -0.3 is 11.1 Å². The Morgan fingerprint density at radius 3 is 2.60 bits per heavy atom. The van der Waals surface area contributed by atoms with Crippen molar-refractivity contribution in [3.8, 4) is 0 Å². The van der Waals surface area contributed by atoms with Gasteiger partial charge in [0.05, 0.1) is 0 Å². The largest absolute Gasteiger partial charge is 0.352 e. The van der Waals surface area contributed by atoms with Crippen molar-refractivity contribution < 1.29 is 4.79 Å². The van der Waals surface area contributed by atoms with Crippen LogP contribution in [0.3, 0.4) is 0 Å². The van der Waals surface area contributed by atoms with Crippen molar-refractivity contribution in [3.05, 3.63) is 65.5 Å². The molecule has 0 aliphatic rings. The van der Waals surface area contributed by atoms with Gasteiger partial charge in [-0.15, -0.1) is 0 Å². The van der Waals surface area contributed by atoms with Crippen LogP contribution in [0.25, 0.3) is 0 Å². The van der Waals surface area contributed by atoms with Gasteiger partial charge in [0.25, 0.3) is 5.91 Å². The Labute approximate surface area is 119 Å². The number of hydrogen-bond acceptors (Lipinski definition) is 3. The highest BCUT2D eigenvalue weighted by Crippen LogP contribution is 2.04. The normalized spacial score (nSPS) is 10.2. The summed E-state index contributed by atoms with van der Waals surface area (Å²) in [6.45, 7) is 1.14. The maximum absolute atomic E-state index is 11.9. The van der Waals surface area contributed by atoms with E-state index in [1.807, 2.05) is 30.3 Å². The van der Waals surface area contributed by atoms with E-state index in [0.29, 0.717) is 18.7 Å². The Kier molecular flexibility index (Phi) is 5.26. The Balaban J connectivity index is 1.74. The first-order valence-electron chi connectivity index (χ1n) is 6.76. The molecule has 0 unspecified atom stereocenters. The van der Waals surface area contributed by atoms with Crippen LogP contribution in [0.15, 0.2) is 48.7 Å². The third kappa shape index (κ3) is 4.17. The van der Waals surface area contributed by atoms with Gasteiger partial charge in [0.2, 0.25) is 0 Å². The third-order valence-corrected chi connectivity index (χ3v) is 3.07. The Hall–Kier alpha value is -2.20. The van der Waals surface area contributed by atoms with Gasteiger partial charge in [0.1, 0.15) is 0 Å². The molecule has 0 radical (unpaired) electrons. The van der Waals surface area contributed by atoms with Gasteiger partial charge in [-0.3, -0.25) is 9.78 Å². The zero-order chi connectivity index (χ0) is 14.2. The number of pyridine rings is 1. The molecule has 1 heterocycles. The molecule has 0 aliphatic heterocycles. The van der Waals surface area contributed by atoms with Crippen molar-refractivity contribution in [3.63, 3.8) is 0 Å². The fourth-order valence-electron chi connectivity index (χ4n) is 1.91. The molecule has 0 saturated heterocycles. The fraction of sp³-hybridized carbons (Fsp3) is 0.250. The number of carbonyl (C=O) groups is 1. The minimum absolute atomic E-state index is 0.0467. The summed E-state index contributed by atoms with van der Waals surface area (Å²) >= 11 is 0. The molecule has 0 fully saturated rings. The van der Waals surface area contributed by atoms with Crippen LogP contribution in [0, 0.1) is 0 Å². The van der Waals surface area contributed by atoms with Crippen LogP contribution in [0.1, 0.15) is 28.0 Å². The van der Waals surface area contributed by atoms with E-state index < -0.39 is 0 Å². The van der Waals surface area contributed by atoms with Gasteiger partial charge in [-0.05, 0) is 42.7 Å². The summed E-state index contributed by atoms with van der Waals surface area (Å²) in [5, 5.41) is 2.91. The van der Waals surface area contributed by atoms with Gasteiger partial charge >= 0.3 is 0 Å². The summed E-state index contributed by atoms with van der Waals surface area (Å²) in [7, 11) is 0. The van der Waals surface area contributed by atoms with E-state index in [1.165, 1.54) is 0 Å². The SMILES string of the molecule is NCc1ccc(C(=O)NCCCc2ccccn2)cc1. The van der Waals surface area contributed by atoms with Crippen molar-refractivity contribution in [2.75, 3.05) is 6.54 Å². The number of nitrogens with two attached hydrogens (primary N) is 1. The maximum Gasteiger partial charge on any atom is 0.251 e.